The maximum Gasteiger partial charge on any atom is 0.0139 e. The average molecular weight is 130 g/mol. The molecule has 0 nitrogen and oxygen atoms in total. The molecule has 0 spiro atoms. The molecule has 0 fully saturated rings. The van der Waals surface area contributed by atoms with Crippen molar-refractivity contribution in [1.82, 2.24) is 0 Å². The van der Waals surface area contributed by atoms with Crippen LogP contribution in [0.1, 0.15) is 6.42 Å². The van der Waals surface area contributed by atoms with E-state index in [1.807, 2.05) is 0 Å². The molecule has 0 saturated carbocycles. The Hall–Kier alpha value is -1.04. The molecule has 0 aliphatic heterocycles. The third-order valence-corrected chi connectivity index (χ3v) is 1.87. The van der Waals surface area contributed by atoms with E-state index < -0.39 is 0 Å². The van der Waals surface area contributed by atoms with Crippen molar-refractivity contribution in [3.05, 3.63) is 48.1 Å². The van der Waals surface area contributed by atoms with Crippen LogP contribution < -0.4 is 0 Å². The van der Waals surface area contributed by atoms with Gasteiger partial charge in [-0.25, -0.2) is 0 Å². The summed E-state index contributed by atoms with van der Waals surface area (Å²) >= 11 is 0. The Labute approximate surface area is 61.3 Å². The second-order valence-electron chi connectivity index (χ2n) is 2.70. The van der Waals surface area contributed by atoms with Crippen LogP contribution >= 0.6 is 0 Å². The summed E-state index contributed by atoms with van der Waals surface area (Å²) in [6.45, 7) is 0. The zero-order valence-corrected chi connectivity index (χ0v) is 5.83. The lowest BCUT2D eigenvalue weighted by molar-refractivity contribution is 1.04. The molecule has 0 amide bonds. The minimum Gasteiger partial charge on any atom is -0.0799 e. The van der Waals surface area contributed by atoms with E-state index in [2.05, 4.69) is 42.5 Å². The number of hydrogen-bond acceptors (Lipinski definition) is 0. The Morgan fingerprint density at radius 1 is 1.30 bits per heavy atom. The highest BCUT2D eigenvalue weighted by atomic mass is 14.1. The molecule has 0 saturated heterocycles. The smallest absolute Gasteiger partial charge is 0.0139 e. The van der Waals surface area contributed by atoms with Crippen LogP contribution in [-0.2, 0) is 0 Å². The topological polar surface area (TPSA) is 0 Å². The van der Waals surface area contributed by atoms with Gasteiger partial charge >= 0.3 is 0 Å². The first-order valence-corrected chi connectivity index (χ1v) is 3.67. The summed E-state index contributed by atoms with van der Waals surface area (Å²) in [7, 11) is 0. The zero-order valence-electron chi connectivity index (χ0n) is 5.83. The van der Waals surface area contributed by atoms with Gasteiger partial charge in [-0.2, -0.15) is 0 Å². The molecule has 0 aromatic heterocycles. The van der Waals surface area contributed by atoms with Crippen LogP contribution in [0.2, 0.25) is 0 Å². The Balaban J connectivity index is 2.08. The van der Waals surface area contributed by atoms with E-state index in [0.717, 1.165) is 6.42 Å². The summed E-state index contributed by atoms with van der Waals surface area (Å²) in [5.41, 5.74) is 1.47. The van der Waals surface area contributed by atoms with Crippen LogP contribution in [0, 0.1) is 5.92 Å². The van der Waals surface area contributed by atoms with Crippen molar-refractivity contribution in [2.75, 3.05) is 0 Å². The van der Waals surface area contributed by atoms with E-state index in [-0.39, 0.29) is 0 Å². The summed E-state index contributed by atoms with van der Waals surface area (Å²) in [6.07, 6.45) is 16.5. The maximum atomic E-state index is 2.31. The van der Waals surface area contributed by atoms with Gasteiger partial charge in [0.25, 0.3) is 0 Å². The number of hydrogen-bond donors (Lipinski definition) is 0. The van der Waals surface area contributed by atoms with E-state index in [1.165, 1.54) is 5.57 Å². The third kappa shape index (κ3) is 0.971. The molecule has 50 valence electrons. The SMILES string of the molecule is C1=CC(/C=C2\C=CC2)C=C1. The standard InChI is InChI=1S/C10H10/c1-2-5-9(4-1)8-10-6-3-7-10/h1-6,8-9H,7H2/b10-8+. The fourth-order valence-electron chi connectivity index (χ4n) is 1.18. The van der Waals surface area contributed by atoms with Gasteiger partial charge in [0.05, 0.1) is 0 Å². The van der Waals surface area contributed by atoms with E-state index in [4.69, 9.17) is 0 Å². The van der Waals surface area contributed by atoms with E-state index in [0.29, 0.717) is 5.92 Å². The van der Waals surface area contributed by atoms with Crippen LogP contribution in [0.5, 0.6) is 0 Å². The molecule has 0 heterocycles. The summed E-state index contributed by atoms with van der Waals surface area (Å²) in [6, 6.07) is 0. The first-order valence-electron chi connectivity index (χ1n) is 3.67. The van der Waals surface area contributed by atoms with Gasteiger partial charge in [0.2, 0.25) is 0 Å². The van der Waals surface area contributed by atoms with Crippen molar-refractivity contribution in [3.63, 3.8) is 0 Å². The zero-order chi connectivity index (χ0) is 6.81. The second kappa shape index (κ2) is 2.30. The van der Waals surface area contributed by atoms with Gasteiger partial charge < -0.3 is 0 Å². The summed E-state index contributed by atoms with van der Waals surface area (Å²) < 4.78 is 0. The van der Waals surface area contributed by atoms with Crippen LogP contribution in [0.3, 0.4) is 0 Å². The minimum absolute atomic E-state index is 0.569. The van der Waals surface area contributed by atoms with Gasteiger partial charge in [-0.3, -0.25) is 0 Å². The molecule has 0 atom stereocenters. The Morgan fingerprint density at radius 2 is 2.00 bits per heavy atom. The number of allylic oxidation sites excluding steroid dienone is 8. The van der Waals surface area contributed by atoms with Gasteiger partial charge in [-0.05, 0) is 12.0 Å². The first kappa shape index (κ1) is 5.72. The number of rotatable bonds is 1. The van der Waals surface area contributed by atoms with Crippen molar-refractivity contribution >= 4 is 0 Å². The summed E-state index contributed by atoms with van der Waals surface area (Å²) in [5, 5.41) is 0. The van der Waals surface area contributed by atoms with Crippen LogP contribution in [-0.4, -0.2) is 0 Å². The predicted molar refractivity (Wildman–Crippen MR) is 43.6 cm³/mol. The normalized spacial score (nSPS) is 26.2. The second-order valence-corrected chi connectivity index (χ2v) is 2.70. The predicted octanol–water partition coefficient (Wildman–Crippen LogP) is 2.61. The molecule has 0 bridgehead atoms. The largest absolute Gasteiger partial charge is 0.0799 e. The molecule has 2 aliphatic rings. The molecular weight excluding hydrogens is 120 g/mol. The highest BCUT2D eigenvalue weighted by Crippen LogP contribution is 2.20. The van der Waals surface area contributed by atoms with Gasteiger partial charge in [-0.1, -0.05) is 42.5 Å². The molecule has 0 radical (unpaired) electrons. The first-order chi connectivity index (χ1) is 4.95. The molecule has 0 unspecified atom stereocenters. The minimum atomic E-state index is 0.569. The van der Waals surface area contributed by atoms with Crippen molar-refractivity contribution in [3.8, 4) is 0 Å². The van der Waals surface area contributed by atoms with Crippen LogP contribution in [0.4, 0.5) is 0 Å². The molecule has 0 N–H and O–H groups in total. The molecule has 0 aromatic rings. The Bertz CT molecular complexity index is 227. The van der Waals surface area contributed by atoms with Crippen LogP contribution in [0.15, 0.2) is 48.1 Å². The molecule has 0 aromatic carbocycles. The average Bonchev–Trinajstić information content (AvgIpc) is 2.29. The molecule has 2 rings (SSSR count). The third-order valence-electron chi connectivity index (χ3n) is 1.87. The highest BCUT2D eigenvalue weighted by Gasteiger charge is 2.03. The van der Waals surface area contributed by atoms with Crippen molar-refractivity contribution < 1.29 is 0 Å². The molecule has 10 heavy (non-hydrogen) atoms. The van der Waals surface area contributed by atoms with E-state index in [9.17, 15) is 0 Å². The highest BCUT2D eigenvalue weighted by molar-refractivity contribution is 5.35. The summed E-state index contributed by atoms with van der Waals surface area (Å²) in [4.78, 5) is 0. The fourth-order valence-corrected chi connectivity index (χ4v) is 1.18. The maximum absolute atomic E-state index is 2.31. The lowest BCUT2D eigenvalue weighted by atomic mass is 9.98. The Morgan fingerprint density at radius 3 is 2.50 bits per heavy atom. The van der Waals surface area contributed by atoms with Crippen molar-refractivity contribution in [2.45, 2.75) is 6.42 Å². The fraction of sp³-hybridized carbons (Fsp3) is 0.200. The van der Waals surface area contributed by atoms with E-state index in [1.54, 1.807) is 0 Å². The Kier molecular flexibility index (Phi) is 1.31. The lowest BCUT2D eigenvalue weighted by Gasteiger charge is -2.07. The quantitative estimate of drug-likeness (QED) is 0.512. The van der Waals surface area contributed by atoms with E-state index >= 15 is 0 Å². The van der Waals surface area contributed by atoms with Gasteiger partial charge in [0.1, 0.15) is 0 Å². The van der Waals surface area contributed by atoms with Crippen molar-refractivity contribution in [1.29, 1.82) is 0 Å². The lowest BCUT2D eigenvalue weighted by Crippen LogP contribution is -1.90. The molecule has 0 heteroatoms. The molecule has 2 aliphatic carbocycles. The van der Waals surface area contributed by atoms with Gasteiger partial charge in [-0.15, -0.1) is 0 Å². The summed E-state index contributed by atoms with van der Waals surface area (Å²) in [5.74, 6) is 0.569. The monoisotopic (exact) mass is 130 g/mol. The van der Waals surface area contributed by atoms with Crippen LogP contribution in [0.25, 0.3) is 0 Å². The van der Waals surface area contributed by atoms with Gasteiger partial charge in [0.15, 0.2) is 0 Å². The van der Waals surface area contributed by atoms with Crippen molar-refractivity contribution in [2.24, 2.45) is 5.92 Å². The van der Waals surface area contributed by atoms with Gasteiger partial charge in [0, 0.05) is 5.92 Å². The molecular formula is C10H10.